The van der Waals surface area contributed by atoms with Gasteiger partial charge in [-0.15, -0.1) is 0 Å². The van der Waals surface area contributed by atoms with E-state index in [1.54, 1.807) is 21.0 Å². The highest BCUT2D eigenvalue weighted by Gasteiger charge is 2.24. The molecule has 1 aromatic rings. The van der Waals surface area contributed by atoms with Crippen LogP contribution in [0.3, 0.4) is 0 Å². The van der Waals surface area contributed by atoms with Crippen molar-refractivity contribution in [2.45, 2.75) is 38.8 Å². The van der Waals surface area contributed by atoms with Crippen LogP contribution in [0, 0.1) is 6.92 Å². The van der Waals surface area contributed by atoms with Crippen LogP contribution in [0.15, 0.2) is 24.3 Å². The Morgan fingerprint density at radius 3 is 2.74 bits per heavy atom. The van der Waals surface area contributed by atoms with Crippen LogP contribution in [-0.4, -0.2) is 24.7 Å². The summed E-state index contributed by atoms with van der Waals surface area (Å²) in [5.74, 6) is 0.515. The van der Waals surface area contributed by atoms with E-state index in [1.165, 1.54) is 0 Å². The van der Waals surface area contributed by atoms with Crippen LogP contribution >= 0.6 is 0 Å². The van der Waals surface area contributed by atoms with Gasteiger partial charge in [0.15, 0.2) is 0 Å². The monoisotopic (exact) mass is 264 g/mol. The molecular weight excluding hydrogens is 242 g/mol. The number of hydrogen-bond acceptors (Lipinski definition) is 4. The number of rotatable bonds is 6. The van der Waals surface area contributed by atoms with Crippen molar-refractivity contribution in [1.29, 1.82) is 0 Å². The van der Waals surface area contributed by atoms with Crippen LogP contribution in [0.1, 0.15) is 27.2 Å². The molecule has 0 heterocycles. The van der Waals surface area contributed by atoms with E-state index in [0.717, 1.165) is 11.4 Å². The van der Waals surface area contributed by atoms with Gasteiger partial charge in [-0.2, -0.15) is 0 Å². The van der Waals surface area contributed by atoms with E-state index < -0.39 is 5.60 Å². The highest BCUT2D eigenvalue weighted by Crippen LogP contribution is 2.18. The van der Waals surface area contributed by atoms with E-state index in [-0.39, 0.29) is 18.4 Å². The van der Waals surface area contributed by atoms with Gasteiger partial charge in [0, 0.05) is 31.6 Å². The summed E-state index contributed by atoms with van der Waals surface area (Å²) >= 11 is 0. The Morgan fingerprint density at radius 1 is 1.47 bits per heavy atom. The standard InChI is InChI=1S/C15H22NO3/c1-11(9-14(17)19-15(2,3)4)16-12-7-6-8-13(10-12)18-5/h6-8,10-11,16H,2,9H2,1,3-5H3/q+1. The van der Waals surface area contributed by atoms with Gasteiger partial charge in [0.25, 0.3) is 0 Å². The van der Waals surface area contributed by atoms with E-state index in [1.807, 2.05) is 31.2 Å². The summed E-state index contributed by atoms with van der Waals surface area (Å²) in [7, 11) is 1.62. The van der Waals surface area contributed by atoms with E-state index in [2.05, 4.69) is 12.2 Å². The fourth-order valence-electron chi connectivity index (χ4n) is 1.65. The molecule has 0 saturated carbocycles. The van der Waals surface area contributed by atoms with Crippen molar-refractivity contribution in [3.8, 4) is 5.75 Å². The van der Waals surface area contributed by atoms with Gasteiger partial charge < -0.3 is 14.8 Å². The predicted molar refractivity (Wildman–Crippen MR) is 76.2 cm³/mol. The average Bonchev–Trinajstić information content (AvgIpc) is 2.26. The second-order valence-electron chi connectivity index (χ2n) is 5.22. The van der Waals surface area contributed by atoms with Gasteiger partial charge in [-0.1, -0.05) is 6.07 Å². The summed E-state index contributed by atoms with van der Waals surface area (Å²) in [5.41, 5.74) is 0.223. The molecule has 1 unspecified atom stereocenters. The first kappa shape index (κ1) is 15.2. The zero-order valence-corrected chi connectivity index (χ0v) is 12.0. The van der Waals surface area contributed by atoms with Crippen molar-refractivity contribution < 1.29 is 14.3 Å². The molecule has 1 N–H and O–H groups in total. The number of nitrogens with one attached hydrogen (secondary N) is 1. The topological polar surface area (TPSA) is 47.6 Å². The fourth-order valence-corrected chi connectivity index (χ4v) is 1.65. The number of methoxy groups -OCH3 is 1. The minimum absolute atomic E-state index is 0.0260. The molecule has 0 radical (unpaired) electrons. The van der Waals surface area contributed by atoms with Crippen molar-refractivity contribution in [3.05, 3.63) is 31.2 Å². The molecule has 19 heavy (non-hydrogen) atoms. The fraction of sp³-hybridized carbons (Fsp3) is 0.467. The van der Waals surface area contributed by atoms with Crippen LogP contribution < -0.4 is 10.1 Å². The molecule has 1 aromatic carbocycles. The molecule has 0 aliphatic rings. The van der Waals surface area contributed by atoms with Crippen molar-refractivity contribution in [3.63, 3.8) is 0 Å². The van der Waals surface area contributed by atoms with Crippen molar-refractivity contribution in [2.24, 2.45) is 0 Å². The molecular formula is C15H22NO3+. The predicted octanol–water partition coefficient (Wildman–Crippen LogP) is 3.04. The van der Waals surface area contributed by atoms with Crippen LogP contribution in [0.4, 0.5) is 5.69 Å². The summed E-state index contributed by atoms with van der Waals surface area (Å²) < 4.78 is 10.3. The largest absolute Gasteiger partial charge is 0.497 e. The van der Waals surface area contributed by atoms with Gasteiger partial charge >= 0.3 is 5.97 Å². The highest BCUT2D eigenvalue weighted by molar-refractivity contribution is 5.71. The maximum atomic E-state index is 11.7. The molecule has 1 atom stereocenters. The third-order valence-electron chi connectivity index (χ3n) is 2.35. The Bertz CT molecular complexity index is 424. The molecule has 0 fully saturated rings. The summed E-state index contributed by atoms with van der Waals surface area (Å²) in [6.45, 7) is 9.18. The molecule has 0 saturated heterocycles. The first-order chi connectivity index (χ1) is 8.80. The van der Waals surface area contributed by atoms with E-state index in [0.29, 0.717) is 0 Å². The van der Waals surface area contributed by atoms with Crippen molar-refractivity contribution in [1.82, 2.24) is 0 Å². The molecule has 0 spiro atoms. The summed E-state index contributed by atoms with van der Waals surface area (Å²) in [6, 6.07) is 7.55. The molecule has 104 valence electrons. The van der Waals surface area contributed by atoms with Crippen LogP contribution in [0.25, 0.3) is 0 Å². The average molecular weight is 264 g/mol. The zero-order chi connectivity index (χ0) is 14.5. The number of esters is 1. The second-order valence-corrected chi connectivity index (χ2v) is 5.22. The highest BCUT2D eigenvalue weighted by atomic mass is 16.6. The Balaban J connectivity index is 2.50. The Morgan fingerprint density at radius 2 is 2.16 bits per heavy atom. The van der Waals surface area contributed by atoms with Crippen LogP contribution in [-0.2, 0) is 9.53 Å². The molecule has 1 rings (SSSR count). The van der Waals surface area contributed by atoms with Crippen LogP contribution in [0.2, 0.25) is 0 Å². The lowest BCUT2D eigenvalue weighted by Crippen LogP contribution is -2.28. The molecule has 0 bridgehead atoms. The SMILES string of the molecule is [CH2+]C(C)(C)OC(=O)CC(C)Nc1cccc(OC)c1. The van der Waals surface area contributed by atoms with Gasteiger partial charge in [0.05, 0.1) is 13.5 Å². The van der Waals surface area contributed by atoms with Gasteiger partial charge in [0.1, 0.15) is 12.7 Å². The van der Waals surface area contributed by atoms with E-state index >= 15 is 0 Å². The normalized spacial score (nSPS) is 12.6. The Labute approximate surface area is 115 Å². The maximum absolute atomic E-state index is 11.7. The second kappa shape index (κ2) is 6.36. The Hall–Kier alpha value is -1.84. The van der Waals surface area contributed by atoms with Gasteiger partial charge in [-0.05, 0) is 19.1 Å². The number of carbonyl (C=O) groups excluding carboxylic acids is 1. The molecule has 4 heteroatoms. The first-order valence-corrected chi connectivity index (χ1v) is 6.28. The van der Waals surface area contributed by atoms with Gasteiger partial charge in [-0.3, -0.25) is 4.79 Å². The maximum Gasteiger partial charge on any atom is 0.311 e. The lowest BCUT2D eigenvalue weighted by Gasteiger charge is -2.17. The van der Waals surface area contributed by atoms with Crippen LogP contribution in [0.5, 0.6) is 5.75 Å². The van der Waals surface area contributed by atoms with Gasteiger partial charge in [0.2, 0.25) is 5.60 Å². The molecule has 0 aromatic heterocycles. The number of benzene rings is 1. The lowest BCUT2D eigenvalue weighted by atomic mass is 10.1. The number of ether oxygens (including phenoxy) is 2. The van der Waals surface area contributed by atoms with Crippen molar-refractivity contribution >= 4 is 11.7 Å². The third kappa shape index (κ3) is 6.04. The Kier molecular flexibility index (Phi) is 5.10. The number of carbonyl (C=O) groups is 1. The summed E-state index contributed by atoms with van der Waals surface area (Å²) in [6.07, 6.45) is 0.288. The van der Waals surface area contributed by atoms with Crippen molar-refractivity contribution in [2.75, 3.05) is 12.4 Å². The summed E-state index contributed by atoms with van der Waals surface area (Å²) in [4.78, 5) is 11.7. The van der Waals surface area contributed by atoms with E-state index in [9.17, 15) is 4.79 Å². The molecule has 4 nitrogen and oxygen atoms in total. The lowest BCUT2D eigenvalue weighted by molar-refractivity contribution is -0.152. The third-order valence-corrected chi connectivity index (χ3v) is 2.35. The van der Waals surface area contributed by atoms with E-state index in [4.69, 9.17) is 9.47 Å². The minimum atomic E-state index is -0.688. The van der Waals surface area contributed by atoms with Gasteiger partial charge in [-0.25, -0.2) is 0 Å². The smallest absolute Gasteiger partial charge is 0.311 e. The first-order valence-electron chi connectivity index (χ1n) is 6.28. The quantitative estimate of drug-likeness (QED) is 0.633. The molecule has 0 amide bonds. The molecule has 0 aliphatic carbocycles. The zero-order valence-electron chi connectivity index (χ0n) is 12.0. The summed E-state index contributed by atoms with van der Waals surface area (Å²) in [5, 5.41) is 3.23. The minimum Gasteiger partial charge on any atom is -0.497 e. The molecule has 0 aliphatic heterocycles. The number of hydrogen-bond donors (Lipinski definition) is 1. The number of anilines is 1.